The van der Waals surface area contributed by atoms with Crippen molar-refractivity contribution in [2.75, 3.05) is 0 Å². The van der Waals surface area contributed by atoms with Crippen LogP contribution in [0.25, 0.3) is 16.8 Å². The van der Waals surface area contributed by atoms with E-state index in [2.05, 4.69) is 91.5 Å². The number of thioether (sulfide) groups is 1. The van der Waals surface area contributed by atoms with Crippen molar-refractivity contribution < 1.29 is 0 Å². The van der Waals surface area contributed by atoms with Gasteiger partial charge in [-0.15, -0.1) is 11.8 Å². The second kappa shape index (κ2) is 6.87. The SMILES string of the molecule is CCCCCCc1ccc2c(c1)C1SC1(c1ccc3ccccc3c1)C=C2. The van der Waals surface area contributed by atoms with E-state index < -0.39 is 0 Å². The van der Waals surface area contributed by atoms with Gasteiger partial charge in [0.2, 0.25) is 0 Å². The highest BCUT2D eigenvalue weighted by molar-refractivity contribution is 8.07. The lowest BCUT2D eigenvalue weighted by atomic mass is 9.83. The Kier molecular flexibility index (Phi) is 4.36. The maximum absolute atomic E-state index is 2.49. The molecular weight excluding hydrogens is 344 g/mol. The molecule has 1 aliphatic carbocycles. The van der Waals surface area contributed by atoms with Gasteiger partial charge in [0.15, 0.2) is 0 Å². The Balaban J connectivity index is 1.42. The van der Waals surface area contributed by atoms with Crippen LogP contribution in [0.5, 0.6) is 0 Å². The molecule has 2 unspecified atom stereocenters. The normalized spacial score (nSPS) is 22.5. The van der Waals surface area contributed by atoms with Crippen LogP contribution in [-0.2, 0) is 11.2 Å². The number of rotatable bonds is 6. The predicted molar refractivity (Wildman–Crippen MR) is 119 cm³/mol. The number of fused-ring (bicyclic) bond motifs is 4. The minimum absolute atomic E-state index is 0.151. The van der Waals surface area contributed by atoms with Crippen molar-refractivity contribution >= 4 is 28.6 Å². The first-order valence-corrected chi connectivity index (χ1v) is 11.2. The van der Waals surface area contributed by atoms with E-state index in [-0.39, 0.29) is 4.75 Å². The van der Waals surface area contributed by atoms with Crippen LogP contribution in [0.3, 0.4) is 0 Å². The van der Waals surface area contributed by atoms with Crippen molar-refractivity contribution in [3.05, 3.63) is 89.0 Å². The van der Waals surface area contributed by atoms with Crippen LogP contribution in [0.15, 0.2) is 66.7 Å². The van der Waals surface area contributed by atoms with Crippen molar-refractivity contribution in [2.24, 2.45) is 0 Å². The molecule has 1 saturated heterocycles. The van der Waals surface area contributed by atoms with Crippen LogP contribution in [0.1, 0.15) is 60.1 Å². The lowest BCUT2D eigenvalue weighted by Gasteiger charge is -2.19. The summed E-state index contributed by atoms with van der Waals surface area (Å²) >= 11 is 2.10. The monoisotopic (exact) mass is 370 g/mol. The number of aryl methyl sites for hydroxylation is 1. The molecule has 0 spiro atoms. The van der Waals surface area contributed by atoms with Gasteiger partial charge in [-0.05, 0) is 51.9 Å². The third-order valence-corrected chi connectivity index (χ3v) is 7.71. The standard InChI is InChI=1S/C26H26S/c1-2-3-4-5-8-19-11-12-21-15-16-26(25(27-26)24(21)17-19)23-14-13-20-9-6-7-10-22(20)18-23/h6-7,9-18,25H,2-5,8H2,1H3. The van der Waals surface area contributed by atoms with Crippen LogP contribution in [-0.4, -0.2) is 0 Å². The van der Waals surface area contributed by atoms with Gasteiger partial charge in [0.05, 0.1) is 10.00 Å². The van der Waals surface area contributed by atoms with Gasteiger partial charge in [0, 0.05) is 0 Å². The first-order valence-electron chi connectivity index (χ1n) is 10.3. The topological polar surface area (TPSA) is 0 Å². The largest absolute Gasteiger partial charge is 0.134 e. The number of unbranched alkanes of at least 4 members (excludes halogenated alkanes) is 3. The fraction of sp³-hybridized carbons (Fsp3) is 0.308. The molecule has 1 aliphatic heterocycles. The lowest BCUT2D eigenvalue weighted by Crippen LogP contribution is -2.09. The van der Waals surface area contributed by atoms with Crippen molar-refractivity contribution in [3.8, 4) is 0 Å². The quantitative estimate of drug-likeness (QED) is 0.317. The molecule has 0 amide bonds. The van der Waals surface area contributed by atoms with E-state index in [1.54, 1.807) is 5.56 Å². The molecule has 1 heteroatoms. The highest BCUT2D eigenvalue weighted by Crippen LogP contribution is 2.74. The van der Waals surface area contributed by atoms with E-state index in [0.29, 0.717) is 5.25 Å². The number of hydrogen-bond acceptors (Lipinski definition) is 1. The molecule has 0 nitrogen and oxygen atoms in total. The molecule has 27 heavy (non-hydrogen) atoms. The van der Waals surface area contributed by atoms with E-state index in [9.17, 15) is 0 Å². The van der Waals surface area contributed by atoms with Gasteiger partial charge >= 0.3 is 0 Å². The van der Waals surface area contributed by atoms with Gasteiger partial charge in [0.1, 0.15) is 0 Å². The van der Waals surface area contributed by atoms with Gasteiger partial charge in [-0.25, -0.2) is 0 Å². The Bertz CT molecular complexity index is 1020. The Morgan fingerprint density at radius 3 is 2.67 bits per heavy atom. The summed E-state index contributed by atoms with van der Waals surface area (Å²) in [5, 5.41) is 3.25. The van der Waals surface area contributed by atoms with Crippen LogP contribution >= 0.6 is 11.8 Å². The van der Waals surface area contributed by atoms with Crippen LogP contribution in [0.4, 0.5) is 0 Å². The Hall–Kier alpha value is -1.99. The molecule has 2 atom stereocenters. The first-order chi connectivity index (χ1) is 13.3. The zero-order valence-corrected chi connectivity index (χ0v) is 16.8. The summed E-state index contributed by atoms with van der Waals surface area (Å²) < 4.78 is 0.151. The summed E-state index contributed by atoms with van der Waals surface area (Å²) in [7, 11) is 0. The fourth-order valence-electron chi connectivity index (χ4n) is 4.46. The summed E-state index contributed by atoms with van der Waals surface area (Å²) in [4.78, 5) is 0. The molecule has 3 aromatic carbocycles. The third kappa shape index (κ3) is 3.02. The van der Waals surface area contributed by atoms with Gasteiger partial charge in [-0.2, -0.15) is 0 Å². The van der Waals surface area contributed by atoms with Gasteiger partial charge in [-0.1, -0.05) is 92.9 Å². The maximum Gasteiger partial charge on any atom is 0.0758 e. The number of hydrogen-bond donors (Lipinski definition) is 0. The minimum Gasteiger partial charge on any atom is -0.134 e. The number of benzene rings is 3. The second-order valence-electron chi connectivity index (χ2n) is 7.96. The van der Waals surface area contributed by atoms with E-state index in [4.69, 9.17) is 0 Å². The minimum atomic E-state index is 0.151. The summed E-state index contributed by atoms with van der Waals surface area (Å²) in [6, 6.07) is 22.9. The van der Waals surface area contributed by atoms with Gasteiger partial charge in [-0.3, -0.25) is 0 Å². The zero-order chi connectivity index (χ0) is 18.3. The van der Waals surface area contributed by atoms with Crippen LogP contribution < -0.4 is 0 Å². The zero-order valence-electron chi connectivity index (χ0n) is 15.9. The van der Waals surface area contributed by atoms with Gasteiger partial charge in [0.25, 0.3) is 0 Å². The molecule has 1 fully saturated rings. The molecule has 0 bridgehead atoms. The predicted octanol–water partition coefficient (Wildman–Crippen LogP) is 7.67. The molecule has 0 saturated carbocycles. The third-order valence-electron chi connectivity index (χ3n) is 6.11. The van der Waals surface area contributed by atoms with Crippen LogP contribution in [0.2, 0.25) is 0 Å². The molecule has 5 rings (SSSR count). The van der Waals surface area contributed by atoms with Gasteiger partial charge < -0.3 is 0 Å². The summed E-state index contributed by atoms with van der Waals surface area (Å²) in [6.07, 6.45) is 11.3. The van der Waals surface area contributed by atoms with E-state index >= 15 is 0 Å². The average molecular weight is 371 g/mol. The summed E-state index contributed by atoms with van der Waals surface area (Å²) in [5.41, 5.74) is 5.92. The Morgan fingerprint density at radius 1 is 0.889 bits per heavy atom. The Labute approximate surface area is 166 Å². The Morgan fingerprint density at radius 2 is 1.78 bits per heavy atom. The molecular formula is C26H26S. The van der Waals surface area contributed by atoms with E-state index in [1.807, 2.05) is 0 Å². The van der Waals surface area contributed by atoms with Crippen molar-refractivity contribution in [2.45, 2.75) is 49.0 Å². The first kappa shape index (κ1) is 17.1. The molecule has 3 aromatic rings. The lowest BCUT2D eigenvalue weighted by molar-refractivity contribution is 0.666. The second-order valence-corrected chi connectivity index (χ2v) is 9.34. The highest BCUT2D eigenvalue weighted by Gasteiger charge is 2.57. The van der Waals surface area contributed by atoms with Crippen LogP contribution in [0, 0.1) is 0 Å². The molecule has 136 valence electrons. The summed E-state index contributed by atoms with van der Waals surface area (Å²) in [6.45, 7) is 2.28. The average Bonchev–Trinajstić information content (AvgIpc) is 3.48. The molecule has 0 N–H and O–H groups in total. The van der Waals surface area contributed by atoms with E-state index in [1.165, 1.54) is 59.6 Å². The fourth-order valence-corrected chi connectivity index (χ4v) is 5.86. The van der Waals surface area contributed by atoms with E-state index in [0.717, 1.165) is 0 Å². The molecule has 1 heterocycles. The smallest absolute Gasteiger partial charge is 0.0758 e. The molecule has 2 aliphatic rings. The summed E-state index contributed by atoms with van der Waals surface area (Å²) in [5.74, 6) is 0. The van der Waals surface area contributed by atoms with Crippen molar-refractivity contribution in [1.29, 1.82) is 0 Å². The molecule has 0 radical (unpaired) electrons. The maximum atomic E-state index is 2.49. The van der Waals surface area contributed by atoms with Crippen molar-refractivity contribution in [1.82, 2.24) is 0 Å². The molecule has 0 aromatic heterocycles. The highest BCUT2D eigenvalue weighted by atomic mass is 32.2. The van der Waals surface area contributed by atoms with Crippen molar-refractivity contribution in [3.63, 3.8) is 0 Å².